The van der Waals surface area contributed by atoms with Crippen molar-refractivity contribution in [1.29, 1.82) is 5.26 Å². The van der Waals surface area contributed by atoms with Gasteiger partial charge in [0, 0.05) is 47.8 Å². The summed E-state index contributed by atoms with van der Waals surface area (Å²) in [5.41, 5.74) is 7.23. The maximum atomic E-state index is 12.6. The third-order valence-electron chi connectivity index (χ3n) is 6.80. The Hall–Kier alpha value is -3.34. The van der Waals surface area contributed by atoms with Gasteiger partial charge in [-0.05, 0) is 54.8 Å². The summed E-state index contributed by atoms with van der Waals surface area (Å²) >= 11 is 6.40. The van der Waals surface area contributed by atoms with E-state index < -0.39 is 6.10 Å². The molecule has 0 saturated heterocycles. The van der Waals surface area contributed by atoms with Crippen molar-refractivity contribution in [2.45, 2.75) is 45.4 Å². The van der Waals surface area contributed by atoms with Crippen molar-refractivity contribution in [2.75, 3.05) is 13.1 Å². The number of nitriles is 1. The molecular weight excluding hydrogens is 450 g/mol. The van der Waals surface area contributed by atoms with Crippen molar-refractivity contribution in [3.63, 3.8) is 0 Å². The van der Waals surface area contributed by atoms with Crippen LogP contribution in [-0.4, -0.2) is 45.0 Å². The molecule has 5 rings (SSSR count). The molecule has 8 heteroatoms. The van der Waals surface area contributed by atoms with Crippen LogP contribution >= 0.6 is 11.6 Å². The fraction of sp³-hybridized carbons (Fsp3) is 0.346. The van der Waals surface area contributed by atoms with E-state index in [1.165, 1.54) is 0 Å². The molecule has 3 aromatic rings. The number of urea groups is 1. The fourth-order valence-electron chi connectivity index (χ4n) is 5.24. The summed E-state index contributed by atoms with van der Waals surface area (Å²) in [7, 11) is 0. The van der Waals surface area contributed by atoms with Gasteiger partial charge in [-0.25, -0.2) is 4.79 Å². The van der Waals surface area contributed by atoms with Crippen LogP contribution in [0.2, 0.25) is 5.02 Å². The summed E-state index contributed by atoms with van der Waals surface area (Å²) < 4.78 is 1.94. The number of rotatable bonds is 3. The van der Waals surface area contributed by atoms with Gasteiger partial charge in [0.2, 0.25) is 0 Å². The zero-order valence-corrected chi connectivity index (χ0v) is 19.9. The Morgan fingerprint density at radius 3 is 2.91 bits per heavy atom. The minimum Gasteiger partial charge on any atom is -0.390 e. The predicted octanol–water partition coefficient (Wildman–Crippen LogP) is 3.98. The number of carbonyl (C=O) groups excluding carboxylic acids is 1. The minimum atomic E-state index is -0.629. The molecule has 1 aromatic heterocycles. The summed E-state index contributed by atoms with van der Waals surface area (Å²) in [4.78, 5) is 14.4. The first kappa shape index (κ1) is 22.5. The molecule has 0 bridgehead atoms. The van der Waals surface area contributed by atoms with Gasteiger partial charge in [-0.3, -0.25) is 4.68 Å². The van der Waals surface area contributed by atoms with Crippen molar-refractivity contribution in [1.82, 2.24) is 20.0 Å². The fourth-order valence-corrected chi connectivity index (χ4v) is 5.53. The molecule has 1 aliphatic heterocycles. The number of benzene rings is 2. The topological polar surface area (TPSA) is 94.2 Å². The lowest BCUT2D eigenvalue weighted by Gasteiger charge is -2.29. The van der Waals surface area contributed by atoms with E-state index in [4.69, 9.17) is 16.7 Å². The predicted molar refractivity (Wildman–Crippen MR) is 130 cm³/mol. The van der Waals surface area contributed by atoms with Crippen molar-refractivity contribution >= 4 is 17.6 Å². The van der Waals surface area contributed by atoms with Gasteiger partial charge in [-0.2, -0.15) is 10.4 Å². The molecule has 2 amide bonds. The van der Waals surface area contributed by atoms with Crippen molar-refractivity contribution < 1.29 is 9.90 Å². The second kappa shape index (κ2) is 8.79. The van der Waals surface area contributed by atoms with Crippen LogP contribution in [-0.2, 0) is 19.4 Å². The van der Waals surface area contributed by atoms with Crippen LogP contribution in [0.3, 0.4) is 0 Å². The van der Waals surface area contributed by atoms with Crippen LogP contribution < -0.4 is 5.32 Å². The van der Waals surface area contributed by atoms with Crippen LogP contribution in [0.4, 0.5) is 4.79 Å². The van der Waals surface area contributed by atoms with E-state index in [1.807, 2.05) is 48.9 Å². The van der Waals surface area contributed by atoms with E-state index in [0.717, 1.165) is 39.2 Å². The highest BCUT2D eigenvalue weighted by molar-refractivity contribution is 6.30. The highest BCUT2D eigenvalue weighted by Crippen LogP contribution is 2.41. The Morgan fingerprint density at radius 2 is 2.15 bits per heavy atom. The lowest BCUT2D eigenvalue weighted by atomic mass is 9.99. The lowest BCUT2D eigenvalue weighted by Crippen LogP contribution is -2.43. The van der Waals surface area contributed by atoms with E-state index in [1.54, 1.807) is 11.0 Å². The minimum absolute atomic E-state index is 0.105. The molecule has 2 heterocycles. The molecule has 2 aliphatic rings. The van der Waals surface area contributed by atoms with E-state index in [-0.39, 0.29) is 12.1 Å². The largest absolute Gasteiger partial charge is 0.390 e. The van der Waals surface area contributed by atoms with E-state index in [0.29, 0.717) is 43.1 Å². The first-order valence-corrected chi connectivity index (χ1v) is 11.9. The van der Waals surface area contributed by atoms with Gasteiger partial charge < -0.3 is 15.3 Å². The Bertz CT molecular complexity index is 1330. The Balaban J connectivity index is 1.66. The highest BCUT2D eigenvalue weighted by Gasteiger charge is 2.38. The summed E-state index contributed by atoms with van der Waals surface area (Å²) in [6, 6.07) is 12.9. The number of fused-ring (bicyclic) bond motifs is 2. The monoisotopic (exact) mass is 475 g/mol. The number of aromatic nitrogens is 2. The molecule has 1 aliphatic carbocycles. The number of aliphatic hydroxyl groups is 1. The van der Waals surface area contributed by atoms with Gasteiger partial charge in [-0.15, -0.1) is 0 Å². The summed E-state index contributed by atoms with van der Waals surface area (Å²) in [6.45, 7) is 5.45. The SMILES string of the molecule is CCNC(=O)N1CCc2c(c(-c3cccc(C#N)c3)nn2C2c3cc(Cl)cc(C)c3C[C@H]2O)C1. The number of aryl methyl sites for hydroxylation is 1. The van der Waals surface area contributed by atoms with Crippen molar-refractivity contribution in [3.05, 3.63) is 74.9 Å². The molecule has 34 heavy (non-hydrogen) atoms. The van der Waals surface area contributed by atoms with Gasteiger partial charge in [0.15, 0.2) is 0 Å². The molecule has 2 N–H and O–H groups in total. The maximum absolute atomic E-state index is 12.6. The quantitative estimate of drug-likeness (QED) is 0.599. The van der Waals surface area contributed by atoms with E-state index >= 15 is 0 Å². The number of hydrogen-bond donors (Lipinski definition) is 2. The van der Waals surface area contributed by atoms with Crippen molar-refractivity contribution in [3.8, 4) is 17.3 Å². The number of nitrogens with one attached hydrogen (secondary N) is 1. The van der Waals surface area contributed by atoms with E-state index in [2.05, 4.69) is 11.4 Å². The summed E-state index contributed by atoms with van der Waals surface area (Å²) in [6.07, 6.45) is 0.535. The normalized spacial score (nSPS) is 18.9. The van der Waals surface area contributed by atoms with Crippen LogP contribution in [0.25, 0.3) is 11.3 Å². The zero-order valence-electron chi connectivity index (χ0n) is 19.2. The first-order valence-electron chi connectivity index (χ1n) is 11.5. The average Bonchev–Trinajstić information content (AvgIpc) is 3.36. The second-order valence-electron chi connectivity index (χ2n) is 8.92. The lowest BCUT2D eigenvalue weighted by molar-refractivity contribution is 0.136. The van der Waals surface area contributed by atoms with Crippen molar-refractivity contribution in [2.24, 2.45) is 0 Å². The zero-order chi connectivity index (χ0) is 24.0. The number of halogens is 1. The standard InChI is InChI=1S/C26H26ClN5O2/c1-3-29-26(34)31-8-7-22-21(14-31)24(17-6-4-5-16(10-17)13-28)30-32(22)25-20-11-18(27)9-15(2)19(20)12-23(25)33/h4-6,9-11,23,25,33H,3,7-8,12,14H2,1-2H3,(H,29,34)/t23-,25?/m1/s1. The molecule has 0 radical (unpaired) electrons. The molecule has 1 unspecified atom stereocenters. The van der Waals surface area contributed by atoms with Gasteiger partial charge in [0.25, 0.3) is 0 Å². The molecule has 0 fully saturated rings. The maximum Gasteiger partial charge on any atom is 0.317 e. The third kappa shape index (κ3) is 3.73. The second-order valence-corrected chi connectivity index (χ2v) is 9.36. The smallest absolute Gasteiger partial charge is 0.317 e. The Kier molecular flexibility index (Phi) is 5.80. The average molecular weight is 476 g/mol. The number of hydrogen-bond acceptors (Lipinski definition) is 4. The first-order chi connectivity index (χ1) is 16.4. The number of aliphatic hydroxyl groups excluding tert-OH is 1. The molecule has 2 aromatic carbocycles. The molecule has 2 atom stereocenters. The molecule has 174 valence electrons. The molecule has 0 saturated carbocycles. The Labute approximate surface area is 203 Å². The molecular formula is C26H26ClN5O2. The molecule has 0 spiro atoms. The van der Waals surface area contributed by atoms with Crippen LogP contribution in [0, 0.1) is 18.3 Å². The third-order valence-corrected chi connectivity index (χ3v) is 7.02. The summed E-state index contributed by atoms with van der Waals surface area (Å²) in [5, 5.41) is 29.1. The number of nitrogens with zero attached hydrogens (tertiary/aromatic N) is 4. The van der Waals surface area contributed by atoms with Crippen LogP contribution in [0.5, 0.6) is 0 Å². The Morgan fingerprint density at radius 1 is 1.32 bits per heavy atom. The summed E-state index contributed by atoms with van der Waals surface area (Å²) in [5.74, 6) is 0. The van der Waals surface area contributed by atoms with Crippen LogP contribution in [0.1, 0.15) is 46.5 Å². The van der Waals surface area contributed by atoms with Gasteiger partial charge in [-0.1, -0.05) is 23.7 Å². The highest BCUT2D eigenvalue weighted by atomic mass is 35.5. The number of amides is 2. The molecule has 7 nitrogen and oxygen atoms in total. The van der Waals surface area contributed by atoms with Gasteiger partial charge >= 0.3 is 6.03 Å². The van der Waals surface area contributed by atoms with Crippen LogP contribution in [0.15, 0.2) is 36.4 Å². The van der Waals surface area contributed by atoms with E-state index in [9.17, 15) is 15.2 Å². The van der Waals surface area contributed by atoms with Gasteiger partial charge in [0.1, 0.15) is 6.04 Å². The van der Waals surface area contributed by atoms with Gasteiger partial charge in [0.05, 0.1) is 30.0 Å². The number of carbonyl (C=O) groups is 1.